The Morgan fingerprint density at radius 2 is 1.93 bits per heavy atom. The molecular formula is C21H22F3N3O2. The molecule has 1 N–H and O–H groups in total. The molecule has 5 nitrogen and oxygen atoms in total. The summed E-state index contributed by atoms with van der Waals surface area (Å²) in [5.41, 5.74) is 1.79. The number of carbonyl (C=O) groups excluding carboxylic acids is 1. The minimum Gasteiger partial charge on any atom is -0.467 e. The van der Waals surface area contributed by atoms with Crippen LogP contribution < -0.4 is 5.32 Å². The fraction of sp³-hybridized carbons (Fsp3) is 0.333. The summed E-state index contributed by atoms with van der Waals surface area (Å²) in [5, 5.41) is 7.35. The summed E-state index contributed by atoms with van der Waals surface area (Å²) in [5.74, 6) is 0.488. The van der Waals surface area contributed by atoms with E-state index in [2.05, 4.69) is 10.4 Å². The Morgan fingerprint density at radius 3 is 2.48 bits per heavy atom. The third-order valence-electron chi connectivity index (χ3n) is 4.63. The van der Waals surface area contributed by atoms with E-state index in [-0.39, 0.29) is 18.4 Å². The summed E-state index contributed by atoms with van der Waals surface area (Å²) >= 11 is 0. The van der Waals surface area contributed by atoms with Crippen molar-refractivity contribution in [3.05, 3.63) is 77.0 Å². The highest BCUT2D eigenvalue weighted by atomic mass is 19.4. The number of carbonyl (C=O) groups is 1. The number of halogens is 3. The molecule has 2 aromatic heterocycles. The molecule has 0 aliphatic rings. The third-order valence-corrected chi connectivity index (χ3v) is 4.63. The molecule has 0 radical (unpaired) electrons. The van der Waals surface area contributed by atoms with Gasteiger partial charge in [-0.1, -0.05) is 12.1 Å². The highest BCUT2D eigenvalue weighted by Gasteiger charge is 2.29. The average Bonchev–Trinajstić information content (AvgIpc) is 3.30. The van der Waals surface area contributed by atoms with Crippen LogP contribution in [0.1, 0.15) is 40.7 Å². The highest BCUT2D eigenvalue weighted by Crippen LogP contribution is 2.29. The van der Waals surface area contributed by atoms with Crippen molar-refractivity contribution < 1.29 is 22.4 Å². The van der Waals surface area contributed by atoms with E-state index in [0.29, 0.717) is 24.3 Å². The second kappa shape index (κ2) is 8.55. The number of aromatic nitrogens is 2. The summed E-state index contributed by atoms with van der Waals surface area (Å²) in [7, 11) is 0. The van der Waals surface area contributed by atoms with E-state index in [9.17, 15) is 18.0 Å². The van der Waals surface area contributed by atoms with Crippen LogP contribution in [-0.4, -0.2) is 22.2 Å². The monoisotopic (exact) mass is 405 g/mol. The predicted octanol–water partition coefficient (Wildman–Crippen LogP) is 4.45. The molecule has 1 atom stereocenters. The molecule has 1 amide bonds. The van der Waals surface area contributed by atoms with Gasteiger partial charge in [0.2, 0.25) is 5.91 Å². The minimum absolute atomic E-state index is 0.174. The summed E-state index contributed by atoms with van der Waals surface area (Å²) < 4.78 is 45.2. The standard InChI is InChI=1S/C21H22F3N3O2/c1-14-12-15(2)27(26-14)18(19-4-3-11-29-19)13-25-20(28)10-7-16-5-8-17(9-6-16)21(22,23)24/h3-6,8-9,11-12,18H,7,10,13H2,1-2H3,(H,25,28). The molecule has 29 heavy (non-hydrogen) atoms. The Morgan fingerprint density at radius 1 is 1.21 bits per heavy atom. The van der Waals surface area contributed by atoms with Gasteiger partial charge < -0.3 is 9.73 Å². The van der Waals surface area contributed by atoms with Crippen molar-refractivity contribution in [1.29, 1.82) is 0 Å². The molecule has 1 aromatic carbocycles. The van der Waals surface area contributed by atoms with Crippen molar-refractivity contribution in [3.63, 3.8) is 0 Å². The summed E-state index contributed by atoms with van der Waals surface area (Å²) in [4.78, 5) is 12.3. The van der Waals surface area contributed by atoms with E-state index in [1.165, 1.54) is 12.1 Å². The molecule has 0 saturated carbocycles. The Balaban J connectivity index is 1.59. The van der Waals surface area contributed by atoms with E-state index >= 15 is 0 Å². The van der Waals surface area contributed by atoms with Crippen LogP contribution in [-0.2, 0) is 17.4 Å². The number of benzene rings is 1. The van der Waals surface area contributed by atoms with Gasteiger partial charge in [-0.2, -0.15) is 18.3 Å². The average molecular weight is 405 g/mol. The topological polar surface area (TPSA) is 60.1 Å². The van der Waals surface area contributed by atoms with E-state index in [4.69, 9.17) is 4.42 Å². The largest absolute Gasteiger partial charge is 0.467 e. The molecule has 0 saturated heterocycles. The molecule has 154 valence electrons. The van der Waals surface area contributed by atoms with Gasteiger partial charge in [-0.3, -0.25) is 9.48 Å². The van der Waals surface area contributed by atoms with Crippen molar-refractivity contribution in [1.82, 2.24) is 15.1 Å². The normalized spacial score (nSPS) is 12.7. The van der Waals surface area contributed by atoms with E-state index < -0.39 is 11.7 Å². The van der Waals surface area contributed by atoms with Crippen LogP contribution >= 0.6 is 0 Å². The van der Waals surface area contributed by atoms with Gasteiger partial charge >= 0.3 is 6.18 Å². The maximum absolute atomic E-state index is 12.6. The van der Waals surface area contributed by atoms with Gasteiger partial charge in [0, 0.05) is 18.7 Å². The lowest BCUT2D eigenvalue weighted by atomic mass is 10.1. The van der Waals surface area contributed by atoms with Crippen LogP contribution in [0.2, 0.25) is 0 Å². The maximum atomic E-state index is 12.6. The lowest BCUT2D eigenvalue weighted by Gasteiger charge is -2.18. The van der Waals surface area contributed by atoms with Crippen molar-refractivity contribution in [2.75, 3.05) is 6.54 Å². The number of furan rings is 1. The number of amides is 1. The Kier molecular flexibility index (Phi) is 6.10. The molecular weight excluding hydrogens is 383 g/mol. The molecule has 3 rings (SSSR count). The van der Waals surface area contributed by atoms with Crippen molar-refractivity contribution in [2.24, 2.45) is 0 Å². The zero-order valence-corrected chi connectivity index (χ0v) is 16.2. The molecule has 0 aliphatic carbocycles. The first kappa shape index (κ1) is 20.7. The van der Waals surface area contributed by atoms with Crippen LogP contribution in [0.5, 0.6) is 0 Å². The molecule has 0 aliphatic heterocycles. The van der Waals surface area contributed by atoms with Gasteiger partial charge in [0.1, 0.15) is 11.8 Å². The van der Waals surface area contributed by atoms with Crippen LogP contribution in [0, 0.1) is 13.8 Å². The number of nitrogens with zero attached hydrogens (tertiary/aromatic N) is 2. The fourth-order valence-corrected chi connectivity index (χ4v) is 3.17. The second-order valence-corrected chi connectivity index (χ2v) is 6.90. The van der Waals surface area contributed by atoms with Crippen LogP contribution in [0.25, 0.3) is 0 Å². The fourth-order valence-electron chi connectivity index (χ4n) is 3.17. The molecule has 1 unspecified atom stereocenters. The number of rotatable bonds is 7. The minimum atomic E-state index is -4.36. The SMILES string of the molecule is Cc1cc(C)n(C(CNC(=O)CCc2ccc(C(F)(F)F)cc2)c2ccco2)n1. The van der Waals surface area contributed by atoms with Crippen LogP contribution in [0.4, 0.5) is 13.2 Å². The van der Waals surface area contributed by atoms with Gasteiger partial charge in [0.15, 0.2) is 0 Å². The van der Waals surface area contributed by atoms with Gasteiger partial charge in [-0.05, 0) is 56.2 Å². The number of aryl methyl sites for hydroxylation is 3. The second-order valence-electron chi connectivity index (χ2n) is 6.90. The predicted molar refractivity (Wildman–Crippen MR) is 101 cm³/mol. The maximum Gasteiger partial charge on any atom is 0.416 e. The van der Waals surface area contributed by atoms with Crippen molar-refractivity contribution in [3.8, 4) is 0 Å². The summed E-state index contributed by atoms with van der Waals surface area (Å²) in [6.45, 7) is 4.12. The summed E-state index contributed by atoms with van der Waals surface area (Å²) in [6.07, 6.45) is -2.26. The Bertz CT molecular complexity index is 945. The first-order chi connectivity index (χ1) is 13.7. The zero-order chi connectivity index (χ0) is 21.0. The molecule has 0 fully saturated rings. The van der Waals surface area contributed by atoms with Crippen LogP contribution in [0.15, 0.2) is 53.1 Å². The van der Waals surface area contributed by atoms with E-state index in [0.717, 1.165) is 23.5 Å². The first-order valence-electron chi connectivity index (χ1n) is 9.23. The molecule has 8 heteroatoms. The quantitative estimate of drug-likeness (QED) is 0.632. The van der Waals surface area contributed by atoms with E-state index in [1.54, 1.807) is 12.3 Å². The van der Waals surface area contributed by atoms with Gasteiger partial charge in [-0.25, -0.2) is 0 Å². The van der Waals surface area contributed by atoms with Crippen LogP contribution in [0.3, 0.4) is 0 Å². The molecule has 2 heterocycles. The van der Waals surface area contributed by atoms with Gasteiger partial charge in [-0.15, -0.1) is 0 Å². The third kappa shape index (κ3) is 5.28. The highest BCUT2D eigenvalue weighted by molar-refractivity contribution is 5.76. The molecule has 3 aromatic rings. The summed E-state index contributed by atoms with van der Waals surface area (Å²) in [6, 6.07) is 10.1. The van der Waals surface area contributed by atoms with E-state index in [1.807, 2.05) is 30.7 Å². The number of hydrogen-bond donors (Lipinski definition) is 1. The van der Waals surface area contributed by atoms with Crippen molar-refractivity contribution >= 4 is 5.91 Å². The number of nitrogens with one attached hydrogen (secondary N) is 1. The zero-order valence-electron chi connectivity index (χ0n) is 16.2. The Hall–Kier alpha value is -3.03. The molecule has 0 spiro atoms. The lowest BCUT2D eigenvalue weighted by Crippen LogP contribution is -2.32. The lowest BCUT2D eigenvalue weighted by molar-refractivity contribution is -0.137. The van der Waals surface area contributed by atoms with Gasteiger partial charge in [0.05, 0.1) is 17.5 Å². The van der Waals surface area contributed by atoms with Crippen molar-refractivity contribution in [2.45, 2.75) is 38.9 Å². The Labute approximate surface area is 166 Å². The smallest absolute Gasteiger partial charge is 0.416 e. The molecule has 0 bridgehead atoms. The first-order valence-corrected chi connectivity index (χ1v) is 9.23. The van der Waals surface area contributed by atoms with Gasteiger partial charge in [0.25, 0.3) is 0 Å². The number of hydrogen-bond acceptors (Lipinski definition) is 3. The number of alkyl halides is 3.